The van der Waals surface area contributed by atoms with E-state index in [0.717, 1.165) is 29.9 Å². The van der Waals surface area contributed by atoms with Gasteiger partial charge in [-0.15, -0.1) is 22.7 Å². The molecule has 5 heterocycles. The van der Waals surface area contributed by atoms with Crippen molar-refractivity contribution in [3.63, 3.8) is 0 Å². The maximum absolute atomic E-state index is 13.8. The molecule has 3 saturated heterocycles. The van der Waals surface area contributed by atoms with Crippen LogP contribution in [0.3, 0.4) is 0 Å². The highest BCUT2D eigenvalue weighted by atomic mass is 32.1. The highest BCUT2D eigenvalue weighted by molar-refractivity contribution is 7.14. The first-order valence-corrected chi connectivity index (χ1v) is 23.4. The molecule has 2 unspecified atom stereocenters. The van der Waals surface area contributed by atoms with Crippen LogP contribution in [0.5, 0.6) is 0 Å². The predicted octanol–water partition coefficient (Wildman–Crippen LogP) is 6.60. The molecule has 342 valence electrons. The van der Waals surface area contributed by atoms with E-state index < -0.39 is 36.4 Å². The summed E-state index contributed by atoms with van der Waals surface area (Å²) in [5, 5.41) is 16.0. The third-order valence-corrected chi connectivity index (χ3v) is 13.6. The normalized spacial score (nSPS) is 21.0. The zero-order valence-corrected chi connectivity index (χ0v) is 39.2. The van der Waals surface area contributed by atoms with Crippen LogP contribution in [0.1, 0.15) is 116 Å². The van der Waals surface area contributed by atoms with Crippen molar-refractivity contribution in [2.45, 2.75) is 129 Å². The van der Waals surface area contributed by atoms with E-state index >= 15 is 0 Å². The fourth-order valence-corrected chi connectivity index (χ4v) is 10.1. The molecule has 0 aliphatic carbocycles. The number of amides is 6. The Hall–Kier alpha value is -5.30. The molecule has 6 atom stereocenters. The Kier molecular flexibility index (Phi) is 15.0. The van der Waals surface area contributed by atoms with Gasteiger partial charge in [0.1, 0.15) is 24.2 Å². The minimum Gasteiger partial charge on any atom is -0.453 e. The van der Waals surface area contributed by atoms with E-state index in [-0.39, 0.29) is 53.0 Å². The van der Waals surface area contributed by atoms with Gasteiger partial charge in [-0.25, -0.2) is 19.6 Å². The van der Waals surface area contributed by atoms with Gasteiger partial charge < -0.3 is 45.4 Å². The van der Waals surface area contributed by atoms with Gasteiger partial charge in [-0.3, -0.25) is 19.2 Å². The molecule has 17 nitrogen and oxygen atoms in total. The van der Waals surface area contributed by atoms with Crippen molar-refractivity contribution < 1.29 is 38.2 Å². The SMILES string of the molecule is COC(=O)NC(C(=O)N1CCC[C@H]1C(=O)Nc1nc([C@@H]2CC[C@@H](c3csc(NC(=O)[C@@H]4CCCN4C(=O)C(NC(=O)OC)C(C)C)n3)N2c2ccc(C(C)(C)C)cc2)cs1)C(C)C. The van der Waals surface area contributed by atoms with Gasteiger partial charge in [-0.05, 0) is 73.5 Å². The van der Waals surface area contributed by atoms with E-state index in [1.54, 1.807) is 0 Å². The number of thiazole rings is 2. The average molecular weight is 908 g/mol. The fourth-order valence-electron chi connectivity index (χ4n) is 8.62. The first-order valence-electron chi connectivity index (χ1n) is 21.6. The molecule has 3 fully saturated rings. The number of carbonyl (C=O) groups is 6. The quantitative estimate of drug-likeness (QED) is 0.144. The summed E-state index contributed by atoms with van der Waals surface area (Å²) < 4.78 is 9.48. The van der Waals surface area contributed by atoms with E-state index in [1.165, 1.54) is 52.3 Å². The molecular formula is C44H61N9O8S2. The fraction of sp³-hybridized carbons (Fsp3) is 0.591. The predicted molar refractivity (Wildman–Crippen MR) is 242 cm³/mol. The van der Waals surface area contributed by atoms with Crippen LogP contribution in [-0.2, 0) is 34.1 Å². The summed E-state index contributed by atoms with van der Waals surface area (Å²) in [5.41, 5.74) is 3.70. The number of methoxy groups -OCH3 is 2. The van der Waals surface area contributed by atoms with Gasteiger partial charge in [0.05, 0.1) is 37.7 Å². The summed E-state index contributed by atoms with van der Waals surface area (Å²) >= 11 is 2.65. The molecule has 0 spiro atoms. The van der Waals surface area contributed by atoms with Gasteiger partial charge in [-0.2, -0.15) is 0 Å². The molecule has 19 heteroatoms. The number of rotatable bonds is 13. The van der Waals surface area contributed by atoms with Crippen LogP contribution < -0.4 is 26.2 Å². The van der Waals surface area contributed by atoms with Crippen LogP contribution in [0.15, 0.2) is 35.0 Å². The summed E-state index contributed by atoms with van der Waals surface area (Å²) in [4.78, 5) is 94.0. The first-order chi connectivity index (χ1) is 29.9. The van der Waals surface area contributed by atoms with Gasteiger partial charge in [0, 0.05) is 29.5 Å². The lowest BCUT2D eigenvalue weighted by atomic mass is 9.87. The summed E-state index contributed by atoms with van der Waals surface area (Å²) in [6.07, 6.45) is 2.35. The van der Waals surface area contributed by atoms with Gasteiger partial charge in [-0.1, -0.05) is 60.6 Å². The first kappa shape index (κ1) is 47.2. The number of benzene rings is 1. The lowest BCUT2D eigenvalue weighted by Gasteiger charge is -2.32. The maximum atomic E-state index is 13.8. The molecular weight excluding hydrogens is 847 g/mol. The minimum absolute atomic E-state index is 0.0491. The Labute approximate surface area is 377 Å². The van der Waals surface area contributed by atoms with Crippen molar-refractivity contribution in [1.82, 2.24) is 30.4 Å². The van der Waals surface area contributed by atoms with Crippen LogP contribution in [0.2, 0.25) is 0 Å². The number of nitrogens with zero attached hydrogens (tertiary/aromatic N) is 5. The largest absolute Gasteiger partial charge is 0.453 e. The summed E-state index contributed by atoms with van der Waals surface area (Å²) in [6, 6.07) is 5.09. The van der Waals surface area contributed by atoms with E-state index in [0.29, 0.717) is 49.0 Å². The molecule has 63 heavy (non-hydrogen) atoms. The zero-order chi connectivity index (χ0) is 45.7. The Bertz CT molecular complexity index is 2010. The van der Waals surface area contributed by atoms with Gasteiger partial charge >= 0.3 is 12.2 Å². The lowest BCUT2D eigenvalue weighted by Crippen LogP contribution is -2.54. The molecule has 0 bridgehead atoms. The Morgan fingerprint density at radius 1 is 0.667 bits per heavy atom. The number of aromatic nitrogens is 2. The maximum Gasteiger partial charge on any atom is 0.407 e. The van der Waals surface area contributed by atoms with Crippen molar-refractivity contribution in [2.24, 2.45) is 11.8 Å². The standard InChI is InChI=1S/C44H61N9O8S2/c1-24(2)34(47-42(58)60-8)38(56)51-20-10-12-32(51)36(54)49-40-45-28(22-62-40)30-18-19-31(53(30)27-16-14-26(15-17-27)44(5,6)7)29-23-63-41(46-29)50-37(55)33-13-11-21-52(33)39(57)35(25(3)4)48-43(59)61-9/h14-17,22-25,30-35H,10-13,18-21H2,1-9H3,(H,47,58)(H,48,59)(H,45,49,54)(H,46,50,55)/t30-,31-,32-,33-,34?,35?/m0/s1. The number of likely N-dealkylation sites (tertiary alicyclic amines) is 2. The lowest BCUT2D eigenvalue weighted by molar-refractivity contribution is -0.139. The number of hydrogen-bond donors (Lipinski definition) is 4. The molecule has 3 aliphatic rings. The highest BCUT2D eigenvalue weighted by Gasteiger charge is 2.42. The summed E-state index contributed by atoms with van der Waals surface area (Å²) in [6.45, 7) is 14.6. The van der Waals surface area contributed by atoms with E-state index in [4.69, 9.17) is 19.4 Å². The third kappa shape index (κ3) is 10.7. The van der Waals surface area contributed by atoms with Gasteiger partial charge in [0.15, 0.2) is 10.3 Å². The molecule has 2 aromatic heterocycles. The van der Waals surface area contributed by atoms with Crippen molar-refractivity contribution in [3.05, 3.63) is 52.0 Å². The average Bonchev–Trinajstić information content (AvgIpc) is 4.10. The van der Waals surface area contributed by atoms with Crippen LogP contribution in [-0.4, -0.2) is 107 Å². The molecule has 1 aromatic carbocycles. The molecule has 0 radical (unpaired) electrons. The van der Waals surface area contributed by atoms with E-state index in [9.17, 15) is 28.8 Å². The van der Waals surface area contributed by atoms with Crippen LogP contribution >= 0.6 is 22.7 Å². The number of nitrogens with one attached hydrogen (secondary N) is 4. The minimum atomic E-state index is -0.838. The van der Waals surface area contributed by atoms with Crippen LogP contribution in [0.4, 0.5) is 25.5 Å². The smallest absolute Gasteiger partial charge is 0.407 e. The van der Waals surface area contributed by atoms with Crippen molar-refractivity contribution in [2.75, 3.05) is 42.8 Å². The molecule has 6 amide bonds. The number of anilines is 3. The molecule has 3 aromatic rings. The zero-order valence-electron chi connectivity index (χ0n) is 37.6. The molecule has 4 N–H and O–H groups in total. The number of alkyl carbamates (subject to hydrolysis) is 2. The second-order valence-corrected chi connectivity index (χ2v) is 19.8. The van der Waals surface area contributed by atoms with E-state index in [2.05, 4.69) is 71.2 Å². The molecule has 3 aliphatic heterocycles. The summed E-state index contributed by atoms with van der Waals surface area (Å²) in [5.74, 6) is -1.77. The highest BCUT2D eigenvalue weighted by Crippen LogP contribution is 2.48. The van der Waals surface area contributed by atoms with E-state index in [1.807, 2.05) is 38.5 Å². The second-order valence-electron chi connectivity index (χ2n) is 18.0. The molecule has 0 saturated carbocycles. The summed E-state index contributed by atoms with van der Waals surface area (Å²) in [7, 11) is 2.48. The topological polar surface area (TPSA) is 204 Å². The van der Waals surface area contributed by atoms with Gasteiger partial charge in [0.25, 0.3) is 0 Å². The monoisotopic (exact) mass is 907 g/mol. The second kappa shape index (κ2) is 20.0. The van der Waals surface area contributed by atoms with Gasteiger partial charge in [0.2, 0.25) is 23.6 Å². The van der Waals surface area contributed by atoms with Crippen LogP contribution in [0.25, 0.3) is 0 Å². The number of ether oxygens (including phenoxy) is 2. The number of hydrogen-bond acceptors (Lipinski definition) is 13. The number of carbonyl (C=O) groups excluding carboxylic acids is 6. The van der Waals surface area contributed by atoms with Crippen molar-refractivity contribution in [1.29, 1.82) is 0 Å². The molecule has 6 rings (SSSR count). The van der Waals surface area contributed by atoms with Crippen LogP contribution in [0, 0.1) is 11.8 Å². The van der Waals surface area contributed by atoms with Crippen molar-refractivity contribution >= 4 is 74.4 Å². The Morgan fingerprint density at radius 2 is 1.08 bits per heavy atom. The Balaban J connectivity index is 1.19. The Morgan fingerprint density at radius 3 is 1.44 bits per heavy atom. The van der Waals surface area contributed by atoms with Crippen molar-refractivity contribution in [3.8, 4) is 0 Å². The third-order valence-electron chi connectivity index (χ3n) is 12.1.